The maximum atomic E-state index is 5.81. The summed E-state index contributed by atoms with van der Waals surface area (Å²) in [5.41, 5.74) is 6.32. The Bertz CT molecular complexity index is 360. The van der Waals surface area contributed by atoms with Crippen LogP contribution in [0.25, 0.3) is 0 Å². The lowest BCUT2D eigenvalue weighted by molar-refractivity contribution is 0.246. The SMILES string of the molecule is CN(C)C1CN(c2cc(N)c(Cl)cn2)C1. The van der Waals surface area contributed by atoms with Crippen molar-refractivity contribution in [2.24, 2.45) is 0 Å². The lowest BCUT2D eigenvalue weighted by Gasteiger charge is -2.43. The topological polar surface area (TPSA) is 45.4 Å². The monoisotopic (exact) mass is 226 g/mol. The molecule has 0 bridgehead atoms. The first kappa shape index (κ1) is 10.5. The van der Waals surface area contributed by atoms with Gasteiger partial charge in [-0.15, -0.1) is 0 Å². The van der Waals surface area contributed by atoms with Crippen LogP contribution in [0, 0.1) is 0 Å². The Labute approximate surface area is 94.6 Å². The standard InChI is InChI=1S/C10H15ClN4/c1-14(2)7-5-15(6-7)10-3-9(12)8(11)4-13-10/h3-4,7H,5-6H2,1-2H3,(H2,12,13). The molecule has 0 unspecified atom stereocenters. The predicted molar refractivity (Wildman–Crippen MR) is 63.3 cm³/mol. The number of nitrogens with zero attached hydrogens (tertiary/aromatic N) is 3. The van der Waals surface area contributed by atoms with Crippen molar-refractivity contribution in [3.8, 4) is 0 Å². The van der Waals surface area contributed by atoms with E-state index in [-0.39, 0.29) is 0 Å². The summed E-state index contributed by atoms with van der Waals surface area (Å²) >= 11 is 5.81. The molecule has 15 heavy (non-hydrogen) atoms. The van der Waals surface area contributed by atoms with Crippen LogP contribution >= 0.6 is 11.6 Å². The molecule has 4 nitrogen and oxygen atoms in total. The highest BCUT2D eigenvalue weighted by atomic mass is 35.5. The van der Waals surface area contributed by atoms with Gasteiger partial charge in [0, 0.05) is 31.4 Å². The second-order valence-corrected chi connectivity index (χ2v) is 4.49. The number of likely N-dealkylation sites (N-methyl/N-ethyl adjacent to an activating group) is 1. The van der Waals surface area contributed by atoms with Gasteiger partial charge in [-0.1, -0.05) is 11.6 Å². The Kier molecular flexibility index (Phi) is 2.71. The molecular weight excluding hydrogens is 212 g/mol. The molecule has 1 aliphatic heterocycles. The highest BCUT2D eigenvalue weighted by Crippen LogP contribution is 2.25. The summed E-state index contributed by atoms with van der Waals surface area (Å²) in [7, 11) is 4.18. The van der Waals surface area contributed by atoms with Gasteiger partial charge in [0.25, 0.3) is 0 Å². The first-order chi connectivity index (χ1) is 7.08. The Hall–Kier alpha value is -1.00. The minimum Gasteiger partial charge on any atom is -0.397 e. The average molecular weight is 227 g/mol. The summed E-state index contributed by atoms with van der Waals surface area (Å²) in [6.45, 7) is 2.00. The van der Waals surface area contributed by atoms with Crippen LogP contribution in [-0.2, 0) is 0 Å². The lowest BCUT2D eigenvalue weighted by atomic mass is 10.1. The van der Waals surface area contributed by atoms with E-state index in [0.29, 0.717) is 16.8 Å². The summed E-state index contributed by atoms with van der Waals surface area (Å²) in [5.74, 6) is 0.912. The summed E-state index contributed by atoms with van der Waals surface area (Å²) < 4.78 is 0. The van der Waals surface area contributed by atoms with Gasteiger partial charge in [-0.2, -0.15) is 0 Å². The Balaban J connectivity index is 2.04. The molecule has 2 heterocycles. The Morgan fingerprint density at radius 1 is 1.53 bits per heavy atom. The molecule has 0 aliphatic carbocycles. The van der Waals surface area contributed by atoms with Crippen molar-refractivity contribution in [3.05, 3.63) is 17.3 Å². The normalized spacial score (nSPS) is 16.9. The number of hydrogen-bond acceptors (Lipinski definition) is 4. The predicted octanol–water partition coefficient (Wildman–Crippen LogP) is 1.07. The molecule has 1 aliphatic rings. The van der Waals surface area contributed by atoms with Gasteiger partial charge in [-0.3, -0.25) is 0 Å². The van der Waals surface area contributed by atoms with E-state index in [1.165, 1.54) is 0 Å². The van der Waals surface area contributed by atoms with Crippen LogP contribution in [0.3, 0.4) is 0 Å². The van der Waals surface area contributed by atoms with Gasteiger partial charge in [-0.05, 0) is 14.1 Å². The van der Waals surface area contributed by atoms with Crippen LogP contribution in [0.4, 0.5) is 11.5 Å². The molecule has 0 amide bonds. The number of nitrogen functional groups attached to an aromatic ring is 1. The molecule has 82 valence electrons. The van der Waals surface area contributed by atoms with Crippen LogP contribution in [0.1, 0.15) is 0 Å². The smallest absolute Gasteiger partial charge is 0.130 e. The summed E-state index contributed by atoms with van der Waals surface area (Å²) in [5, 5.41) is 0.517. The number of pyridine rings is 1. The number of nitrogens with two attached hydrogens (primary N) is 1. The van der Waals surface area contributed by atoms with Crippen molar-refractivity contribution in [2.75, 3.05) is 37.8 Å². The summed E-state index contributed by atoms with van der Waals surface area (Å²) in [6, 6.07) is 2.44. The number of halogens is 1. The number of rotatable bonds is 2. The summed E-state index contributed by atoms with van der Waals surface area (Å²) in [6.07, 6.45) is 1.61. The maximum Gasteiger partial charge on any atom is 0.130 e. The second kappa shape index (κ2) is 3.87. The Morgan fingerprint density at radius 3 is 2.73 bits per heavy atom. The molecule has 0 saturated carbocycles. The van der Waals surface area contributed by atoms with Crippen LogP contribution in [-0.4, -0.2) is 43.1 Å². The number of anilines is 2. The van der Waals surface area contributed by atoms with Gasteiger partial charge in [0.1, 0.15) is 5.82 Å². The van der Waals surface area contributed by atoms with E-state index in [1.807, 2.05) is 6.07 Å². The van der Waals surface area contributed by atoms with Crippen LogP contribution in [0.2, 0.25) is 5.02 Å². The van der Waals surface area contributed by atoms with Crippen LogP contribution in [0.15, 0.2) is 12.3 Å². The van der Waals surface area contributed by atoms with Crippen molar-refractivity contribution < 1.29 is 0 Å². The number of hydrogen-bond donors (Lipinski definition) is 1. The molecule has 2 rings (SSSR count). The molecule has 2 N–H and O–H groups in total. The minimum absolute atomic E-state index is 0.517. The van der Waals surface area contributed by atoms with Crippen LogP contribution in [0.5, 0.6) is 0 Å². The van der Waals surface area contributed by atoms with Gasteiger partial charge in [-0.25, -0.2) is 4.98 Å². The molecule has 1 fully saturated rings. The average Bonchev–Trinajstić information content (AvgIpc) is 2.08. The third-order valence-electron chi connectivity index (χ3n) is 2.79. The molecule has 1 aromatic rings. The van der Waals surface area contributed by atoms with E-state index in [1.54, 1.807) is 6.20 Å². The molecule has 5 heteroatoms. The fraction of sp³-hybridized carbons (Fsp3) is 0.500. The first-order valence-corrected chi connectivity index (χ1v) is 5.28. The zero-order valence-electron chi connectivity index (χ0n) is 8.94. The third kappa shape index (κ3) is 2.01. The number of aromatic nitrogens is 1. The van der Waals surface area contributed by atoms with Crippen molar-refractivity contribution in [1.82, 2.24) is 9.88 Å². The zero-order chi connectivity index (χ0) is 11.0. The van der Waals surface area contributed by atoms with Crippen molar-refractivity contribution in [1.29, 1.82) is 0 Å². The fourth-order valence-corrected chi connectivity index (χ4v) is 1.69. The van der Waals surface area contributed by atoms with E-state index in [4.69, 9.17) is 17.3 Å². The van der Waals surface area contributed by atoms with E-state index in [2.05, 4.69) is 28.9 Å². The largest absolute Gasteiger partial charge is 0.397 e. The van der Waals surface area contributed by atoms with Gasteiger partial charge < -0.3 is 15.5 Å². The Morgan fingerprint density at radius 2 is 2.20 bits per heavy atom. The van der Waals surface area contributed by atoms with Gasteiger partial charge in [0.2, 0.25) is 0 Å². The quantitative estimate of drug-likeness (QED) is 0.820. The van der Waals surface area contributed by atoms with Crippen molar-refractivity contribution in [3.63, 3.8) is 0 Å². The van der Waals surface area contributed by atoms with E-state index in [9.17, 15) is 0 Å². The van der Waals surface area contributed by atoms with E-state index < -0.39 is 0 Å². The van der Waals surface area contributed by atoms with Crippen molar-refractivity contribution >= 4 is 23.1 Å². The molecule has 0 radical (unpaired) electrons. The molecule has 0 aromatic carbocycles. The molecule has 1 saturated heterocycles. The van der Waals surface area contributed by atoms with Crippen LogP contribution < -0.4 is 10.6 Å². The van der Waals surface area contributed by atoms with Gasteiger partial charge in [0.05, 0.1) is 10.7 Å². The van der Waals surface area contributed by atoms with E-state index >= 15 is 0 Å². The van der Waals surface area contributed by atoms with E-state index in [0.717, 1.165) is 18.9 Å². The zero-order valence-corrected chi connectivity index (χ0v) is 9.70. The van der Waals surface area contributed by atoms with Gasteiger partial charge >= 0.3 is 0 Å². The van der Waals surface area contributed by atoms with Crippen molar-refractivity contribution in [2.45, 2.75) is 6.04 Å². The molecule has 1 aromatic heterocycles. The highest BCUT2D eigenvalue weighted by molar-refractivity contribution is 6.32. The first-order valence-electron chi connectivity index (χ1n) is 4.90. The van der Waals surface area contributed by atoms with Gasteiger partial charge in [0.15, 0.2) is 0 Å². The fourth-order valence-electron chi connectivity index (χ4n) is 1.58. The lowest BCUT2D eigenvalue weighted by Crippen LogP contribution is -2.57. The third-order valence-corrected chi connectivity index (χ3v) is 3.10. The second-order valence-electron chi connectivity index (χ2n) is 4.09. The molecular formula is C10H15ClN4. The maximum absolute atomic E-state index is 5.81. The highest BCUT2D eigenvalue weighted by Gasteiger charge is 2.29. The molecule has 0 atom stereocenters. The summed E-state index contributed by atoms with van der Waals surface area (Å²) in [4.78, 5) is 8.66. The molecule has 0 spiro atoms. The minimum atomic E-state index is 0.517.